The summed E-state index contributed by atoms with van der Waals surface area (Å²) in [5.74, 6) is 3.76. The van der Waals surface area contributed by atoms with Crippen LogP contribution < -0.4 is 5.32 Å². The maximum Gasteiger partial charge on any atom is 0.0132 e. The summed E-state index contributed by atoms with van der Waals surface area (Å²) in [6.07, 6.45) is 7.78. The van der Waals surface area contributed by atoms with Crippen LogP contribution in [-0.4, -0.2) is 11.1 Å². The second-order valence-corrected chi connectivity index (χ2v) is 6.52. The molecule has 1 atom stereocenters. The second-order valence-electron chi connectivity index (χ2n) is 6.52. The lowest BCUT2D eigenvalue weighted by Gasteiger charge is -2.48. The molecule has 0 aromatic heterocycles. The number of terminal acetylenes is 1. The fourth-order valence-electron chi connectivity index (χ4n) is 3.17. The smallest absolute Gasteiger partial charge is 0.0132 e. The van der Waals surface area contributed by atoms with Crippen LogP contribution in [0.2, 0.25) is 0 Å². The van der Waals surface area contributed by atoms with E-state index >= 15 is 0 Å². The first-order valence-corrected chi connectivity index (χ1v) is 6.12. The van der Waals surface area contributed by atoms with Crippen molar-refractivity contribution in [2.45, 2.75) is 58.5 Å². The summed E-state index contributed by atoms with van der Waals surface area (Å²) in [6, 6.07) is 0. The fraction of sp³-hybridized carbons (Fsp3) is 0.733. The Morgan fingerprint density at radius 3 is 2.12 bits per heavy atom. The fourth-order valence-corrected chi connectivity index (χ4v) is 3.17. The first kappa shape index (κ1) is 13.3. The highest BCUT2D eigenvalue weighted by molar-refractivity contribution is 5.25. The van der Waals surface area contributed by atoms with Gasteiger partial charge < -0.3 is 5.32 Å². The van der Waals surface area contributed by atoms with Crippen molar-refractivity contribution in [3.63, 3.8) is 0 Å². The van der Waals surface area contributed by atoms with Gasteiger partial charge in [0.15, 0.2) is 0 Å². The van der Waals surface area contributed by atoms with Crippen molar-refractivity contribution in [2.24, 2.45) is 11.8 Å². The van der Waals surface area contributed by atoms with Gasteiger partial charge in [0, 0.05) is 11.1 Å². The molecule has 1 rings (SSSR count). The maximum absolute atomic E-state index is 5.45. The quantitative estimate of drug-likeness (QED) is 0.702. The van der Waals surface area contributed by atoms with E-state index in [2.05, 4.69) is 52.4 Å². The zero-order valence-corrected chi connectivity index (χ0v) is 11.4. The third kappa shape index (κ3) is 3.12. The van der Waals surface area contributed by atoms with Crippen molar-refractivity contribution in [3.8, 4) is 12.3 Å². The lowest BCUT2D eigenvalue weighted by Crippen LogP contribution is -2.58. The number of piperidine rings is 1. The van der Waals surface area contributed by atoms with E-state index in [0.29, 0.717) is 11.8 Å². The van der Waals surface area contributed by atoms with Crippen molar-refractivity contribution >= 4 is 0 Å². The number of nitrogens with one attached hydrogen (secondary N) is 1. The Balaban J connectivity index is 2.83. The van der Waals surface area contributed by atoms with Crippen molar-refractivity contribution in [2.75, 3.05) is 0 Å². The molecule has 0 aromatic rings. The highest BCUT2D eigenvalue weighted by atomic mass is 15.0. The highest BCUT2D eigenvalue weighted by Crippen LogP contribution is 2.38. The molecular formula is C15H25N. The van der Waals surface area contributed by atoms with Gasteiger partial charge in [-0.15, -0.1) is 6.42 Å². The molecule has 90 valence electrons. The molecule has 1 saturated heterocycles. The van der Waals surface area contributed by atoms with E-state index in [4.69, 9.17) is 6.42 Å². The highest BCUT2D eigenvalue weighted by Gasteiger charge is 2.39. The van der Waals surface area contributed by atoms with Gasteiger partial charge in [0.05, 0.1) is 0 Å². The van der Waals surface area contributed by atoms with Gasteiger partial charge in [-0.05, 0) is 57.9 Å². The monoisotopic (exact) mass is 219 g/mol. The summed E-state index contributed by atoms with van der Waals surface area (Å²) in [5.41, 5.74) is 1.32. The molecule has 1 aliphatic rings. The summed E-state index contributed by atoms with van der Waals surface area (Å²) < 4.78 is 0. The Labute approximate surface area is 101 Å². The van der Waals surface area contributed by atoms with Crippen LogP contribution in [0.4, 0.5) is 0 Å². The predicted molar refractivity (Wildman–Crippen MR) is 71.2 cm³/mol. The molecule has 1 fully saturated rings. The number of hydrogen-bond donors (Lipinski definition) is 1. The minimum Gasteiger partial charge on any atom is -0.307 e. The number of hydrogen-bond acceptors (Lipinski definition) is 1. The van der Waals surface area contributed by atoms with E-state index in [1.54, 1.807) is 0 Å². The van der Waals surface area contributed by atoms with Gasteiger partial charge in [0.2, 0.25) is 0 Å². The van der Waals surface area contributed by atoms with Crippen LogP contribution in [-0.2, 0) is 0 Å². The first-order chi connectivity index (χ1) is 7.17. The largest absolute Gasteiger partial charge is 0.307 e. The van der Waals surface area contributed by atoms with E-state index < -0.39 is 0 Å². The lowest BCUT2D eigenvalue weighted by atomic mass is 9.70. The molecule has 16 heavy (non-hydrogen) atoms. The Morgan fingerprint density at radius 2 is 1.75 bits per heavy atom. The van der Waals surface area contributed by atoms with Gasteiger partial charge >= 0.3 is 0 Å². The Hall–Kier alpha value is -0.740. The van der Waals surface area contributed by atoms with E-state index in [-0.39, 0.29) is 11.1 Å². The molecule has 0 saturated carbocycles. The number of rotatable bonds is 2. The lowest BCUT2D eigenvalue weighted by molar-refractivity contribution is 0.108. The Morgan fingerprint density at radius 1 is 1.31 bits per heavy atom. The SMILES string of the molecule is C#CC(=C)C(C)C1CC(C)(C)NC(C)(C)C1. The molecule has 0 aliphatic carbocycles. The van der Waals surface area contributed by atoms with E-state index in [0.717, 1.165) is 18.4 Å². The topological polar surface area (TPSA) is 12.0 Å². The van der Waals surface area contributed by atoms with Gasteiger partial charge in [-0.1, -0.05) is 19.4 Å². The summed E-state index contributed by atoms with van der Waals surface area (Å²) in [4.78, 5) is 0. The van der Waals surface area contributed by atoms with Crippen molar-refractivity contribution in [1.29, 1.82) is 0 Å². The van der Waals surface area contributed by atoms with Crippen LogP contribution in [0.25, 0.3) is 0 Å². The van der Waals surface area contributed by atoms with Crippen LogP contribution in [0.5, 0.6) is 0 Å². The van der Waals surface area contributed by atoms with Crippen molar-refractivity contribution in [3.05, 3.63) is 12.2 Å². The number of allylic oxidation sites excluding steroid dienone is 1. The van der Waals surface area contributed by atoms with Gasteiger partial charge in [-0.2, -0.15) is 0 Å². The summed E-state index contributed by atoms with van der Waals surface area (Å²) >= 11 is 0. The molecule has 0 radical (unpaired) electrons. The van der Waals surface area contributed by atoms with Gasteiger partial charge in [0.25, 0.3) is 0 Å². The van der Waals surface area contributed by atoms with Gasteiger partial charge in [-0.25, -0.2) is 0 Å². The molecule has 1 heterocycles. The van der Waals surface area contributed by atoms with E-state index in [1.807, 2.05) is 0 Å². The molecule has 0 spiro atoms. The average Bonchev–Trinajstić information content (AvgIpc) is 2.10. The van der Waals surface area contributed by atoms with Crippen LogP contribution in [0, 0.1) is 24.2 Å². The van der Waals surface area contributed by atoms with Crippen LogP contribution in [0.15, 0.2) is 12.2 Å². The molecule has 0 amide bonds. The third-order valence-electron chi connectivity index (χ3n) is 3.66. The molecule has 0 bridgehead atoms. The molecule has 1 heteroatoms. The van der Waals surface area contributed by atoms with Crippen LogP contribution >= 0.6 is 0 Å². The van der Waals surface area contributed by atoms with Crippen LogP contribution in [0.3, 0.4) is 0 Å². The molecular weight excluding hydrogens is 194 g/mol. The van der Waals surface area contributed by atoms with Gasteiger partial charge in [-0.3, -0.25) is 0 Å². The standard InChI is InChI=1S/C15H25N/c1-8-11(2)12(3)13-9-14(4,5)16-15(6,7)10-13/h1,12-13,16H,2,9-10H2,3-7H3. The second kappa shape index (κ2) is 4.26. The summed E-state index contributed by atoms with van der Waals surface area (Å²) in [7, 11) is 0. The van der Waals surface area contributed by atoms with Crippen molar-refractivity contribution in [1.82, 2.24) is 5.32 Å². The van der Waals surface area contributed by atoms with Crippen molar-refractivity contribution < 1.29 is 0 Å². The molecule has 1 N–H and O–H groups in total. The molecule has 1 aliphatic heterocycles. The molecule has 1 unspecified atom stereocenters. The van der Waals surface area contributed by atoms with E-state index in [9.17, 15) is 0 Å². The minimum absolute atomic E-state index is 0.190. The molecule has 0 aromatic carbocycles. The average molecular weight is 219 g/mol. The first-order valence-electron chi connectivity index (χ1n) is 6.12. The summed E-state index contributed by atoms with van der Waals surface area (Å²) in [6.45, 7) is 15.3. The Bertz CT molecular complexity index is 301. The predicted octanol–water partition coefficient (Wildman–Crippen LogP) is 3.37. The third-order valence-corrected chi connectivity index (χ3v) is 3.66. The zero-order valence-electron chi connectivity index (χ0n) is 11.4. The summed E-state index contributed by atoms with van der Waals surface area (Å²) in [5, 5.41) is 3.69. The van der Waals surface area contributed by atoms with Crippen LogP contribution in [0.1, 0.15) is 47.5 Å². The maximum atomic E-state index is 5.45. The Kier molecular flexibility index (Phi) is 3.55. The minimum atomic E-state index is 0.190. The van der Waals surface area contributed by atoms with E-state index in [1.165, 1.54) is 0 Å². The zero-order chi connectivity index (χ0) is 12.6. The molecule has 1 nitrogen and oxygen atoms in total. The van der Waals surface area contributed by atoms with Gasteiger partial charge in [0.1, 0.15) is 0 Å². The normalized spacial score (nSPS) is 25.8.